The fourth-order valence-corrected chi connectivity index (χ4v) is 3.86. The second kappa shape index (κ2) is 5.64. The van der Waals surface area contributed by atoms with E-state index in [9.17, 15) is 13.2 Å². The van der Waals surface area contributed by atoms with Gasteiger partial charge in [0.25, 0.3) is 0 Å². The Hall–Kier alpha value is -1.86. The summed E-state index contributed by atoms with van der Waals surface area (Å²) in [5.74, 6) is -1.25. The Kier molecular flexibility index (Phi) is 4.10. The Bertz CT molecular complexity index is 717. The monoisotopic (exact) mass is 312 g/mol. The molecule has 2 rings (SSSR count). The first-order valence-corrected chi connectivity index (χ1v) is 8.18. The highest BCUT2D eigenvalue weighted by molar-refractivity contribution is 7.90. The molecular formula is C13H12O5S2. The van der Waals surface area contributed by atoms with Gasteiger partial charge in [-0.25, -0.2) is 13.2 Å². The lowest BCUT2D eigenvalue weighted by molar-refractivity contribution is 0.0693. The van der Waals surface area contributed by atoms with Crippen molar-refractivity contribution in [1.82, 2.24) is 0 Å². The van der Waals surface area contributed by atoms with Crippen LogP contribution >= 0.6 is 11.3 Å². The highest BCUT2D eigenvalue weighted by Gasteiger charge is 2.20. The minimum atomic E-state index is -3.58. The molecule has 7 heteroatoms. The highest BCUT2D eigenvalue weighted by Crippen LogP contribution is 2.25. The summed E-state index contributed by atoms with van der Waals surface area (Å²) in [5.41, 5.74) is 0.515. The Morgan fingerprint density at radius 2 is 2.10 bits per heavy atom. The van der Waals surface area contributed by atoms with Crippen molar-refractivity contribution in [2.45, 2.75) is 10.6 Å². The Labute approximate surface area is 120 Å². The lowest BCUT2D eigenvalue weighted by atomic mass is 10.2. The zero-order valence-electron chi connectivity index (χ0n) is 10.6. The van der Waals surface area contributed by atoms with Gasteiger partial charge in [0.05, 0.1) is 17.8 Å². The molecule has 0 atom stereocenters. The van der Waals surface area contributed by atoms with Crippen molar-refractivity contribution >= 4 is 27.1 Å². The molecule has 0 radical (unpaired) electrons. The van der Waals surface area contributed by atoms with Gasteiger partial charge in [-0.2, -0.15) is 11.3 Å². The molecule has 1 N–H and O–H groups in total. The number of aromatic carboxylic acids is 1. The van der Waals surface area contributed by atoms with Gasteiger partial charge in [-0.1, -0.05) is 0 Å². The molecule has 1 aromatic carbocycles. The predicted octanol–water partition coefficient (Wildman–Crippen LogP) is 2.43. The van der Waals surface area contributed by atoms with Crippen LogP contribution in [-0.2, 0) is 15.6 Å². The van der Waals surface area contributed by atoms with Crippen LogP contribution < -0.4 is 4.74 Å². The van der Waals surface area contributed by atoms with E-state index in [0.29, 0.717) is 5.56 Å². The second-order valence-electron chi connectivity index (χ2n) is 4.06. The van der Waals surface area contributed by atoms with E-state index in [2.05, 4.69) is 0 Å². The SMILES string of the molecule is COc1ccc(S(=O)(=O)Cc2ccsc2)cc1C(=O)O. The van der Waals surface area contributed by atoms with Crippen molar-refractivity contribution in [1.29, 1.82) is 0 Å². The van der Waals surface area contributed by atoms with Gasteiger partial charge in [0.15, 0.2) is 9.84 Å². The lowest BCUT2D eigenvalue weighted by Gasteiger charge is -2.08. The van der Waals surface area contributed by atoms with Gasteiger partial charge < -0.3 is 9.84 Å². The Morgan fingerprint density at radius 3 is 2.65 bits per heavy atom. The standard InChI is InChI=1S/C13H12O5S2/c1-18-12-3-2-10(6-11(12)13(14)15)20(16,17)8-9-4-5-19-7-9/h2-7H,8H2,1H3,(H,14,15). The van der Waals surface area contributed by atoms with Crippen molar-refractivity contribution in [2.75, 3.05) is 7.11 Å². The van der Waals surface area contributed by atoms with E-state index in [4.69, 9.17) is 9.84 Å². The molecule has 0 spiro atoms. The number of ether oxygens (including phenoxy) is 1. The first-order chi connectivity index (χ1) is 9.44. The summed E-state index contributed by atoms with van der Waals surface area (Å²) in [6.45, 7) is 0. The number of hydrogen-bond acceptors (Lipinski definition) is 5. The number of sulfone groups is 1. The average Bonchev–Trinajstić information content (AvgIpc) is 2.89. The maximum absolute atomic E-state index is 12.2. The molecule has 0 aliphatic heterocycles. The molecule has 2 aromatic rings. The molecule has 106 valence electrons. The quantitative estimate of drug-likeness (QED) is 0.917. The minimum absolute atomic E-state index is 0.0260. The van der Waals surface area contributed by atoms with Crippen molar-refractivity contribution in [2.24, 2.45) is 0 Å². The molecular weight excluding hydrogens is 300 g/mol. The molecule has 0 saturated heterocycles. The number of hydrogen-bond donors (Lipinski definition) is 1. The van der Waals surface area contributed by atoms with Gasteiger partial charge in [0, 0.05) is 0 Å². The molecule has 1 aromatic heterocycles. The van der Waals surface area contributed by atoms with Crippen LogP contribution in [0.25, 0.3) is 0 Å². The number of methoxy groups -OCH3 is 1. The van der Waals surface area contributed by atoms with Crippen LogP contribution in [0.1, 0.15) is 15.9 Å². The van der Waals surface area contributed by atoms with Gasteiger partial charge in [0.2, 0.25) is 0 Å². The number of rotatable bonds is 5. The summed E-state index contributed by atoms with van der Waals surface area (Å²) in [6, 6.07) is 5.56. The number of thiophene rings is 1. The van der Waals surface area contributed by atoms with Crippen LogP contribution in [-0.4, -0.2) is 26.6 Å². The molecule has 0 aliphatic carbocycles. The molecule has 20 heavy (non-hydrogen) atoms. The molecule has 0 aliphatic rings. The molecule has 0 saturated carbocycles. The van der Waals surface area contributed by atoms with Crippen LogP contribution in [0.15, 0.2) is 39.9 Å². The number of carbonyl (C=O) groups is 1. The predicted molar refractivity (Wildman–Crippen MR) is 75.2 cm³/mol. The van der Waals surface area contributed by atoms with Crippen LogP contribution in [0.3, 0.4) is 0 Å². The first-order valence-electron chi connectivity index (χ1n) is 5.59. The molecule has 5 nitrogen and oxygen atoms in total. The molecule has 1 heterocycles. The third kappa shape index (κ3) is 3.00. The zero-order valence-corrected chi connectivity index (χ0v) is 12.2. The summed E-state index contributed by atoms with van der Waals surface area (Å²) in [6.07, 6.45) is 0. The summed E-state index contributed by atoms with van der Waals surface area (Å²) < 4.78 is 29.4. The molecule has 0 amide bonds. The summed E-state index contributed by atoms with van der Waals surface area (Å²) in [7, 11) is -2.24. The van der Waals surface area contributed by atoms with Crippen LogP contribution in [0.5, 0.6) is 5.75 Å². The van der Waals surface area contributed by atoms with Crippen LogP contribution in [0.2, 0.25) is 0 Å². The summed E-state index contributed by atoms with van der Waals surface area (Å²) >= 11 is 1.41. The van der Waals surface area contributed by atoms with E-state index in [-0.39, 0.29) is 22.0 Å². The maximum atomic E-state index is 12.2. The first kappa shape index (κ1) is 14.5. The van der Waals surface area contributed by atoms with Gasteiger partial charge in [-0.15, -0.1) is 0 Å². The van der Waals surface area contributed by atoms with Gasteiger partial charge >= 0.3 is 5.97 Å². The smallest absolute Gasteiger partial charge is 0.339 e. The van der Waals surface area contributed by atoms with Crippen molar-refractivity contribution in [3.63, 3.8) is 0 Å². The topological polar surface area (TPSA) is 80.7 Å². The van der Waals surface area contributed by atoms with Crippen LogP contribution in [0.4, 0.5) is 0 Å². The average molecular weight is 312 g/mol. The third-order valence-corrected chi connectivity index (χ3v) is 5.11. The van der Waals surface area contributed by atoms with E-state index >= 15 is 0 Å². The number of carboxylic acid groups (broad SMARTS) is 1. The van der Waals surface area contributed by atoms with E-state index in [1.54, 1.807) is 16.8 Å². The van der Waals surface area contributed by atoms with E-state index in [1.807, 2.05) is 0 Å². The van der Waals surface area contributed by atoms with Gasteiger partial charge in [-0.3, -0.25) is 0 Å². The summed E-state index contributed by atoms with van der Waals surface area (Å²) in [5, 5.41) is 12.6. The third-order valence-electron chi connectivity index (χ3n) is 2.70. The molecule has 0 unspecified atom stereocenters. The van der Waals surface area contributed by atoms with Gasteiger partial charge in [0.1, 0.15) is 11.3 Å². The van der Waals surface area contributed by atoms with Gasteiger partial charge in [-0.05, 0) is 40.6 Å². The fraction of sp³-hybridized carbons (Fsp3) is 0.154. The fourth-order valence-electron chi connectivity index (χ4n) is 1.73. The Morgan fingerprint density at radius 1 is 1.35 bits per heavy atom. The van der Waals surface area contributed by atoms with E-state index in [1.165, 1.54) is 30.6 Å². The van der Waals surface area contributed by atoms with Crippen molar-refractivity contribution < 1.29 is 23.1 Å². The molecule has 0 bridgehead atoms. The minimum Gasteiger partial charge on any atom is -0.496 e. The molecule has 0 fully saturated rings. The van der Waals surface area contributed by atoms with Crippen molar-refractivity contribution in [3.05, 3.63) is 46.2 Å². The van der Waals surface area contributed by atoms with E-state index < -0.39 is 15.8 Å². The largest absolute Gasteiger partial charge is 0.496 e. The maximum Gasteiger partial charge on any atom is 0.339 e. The second-order valence-corrected chi connectivity index (χ2v) is 6.83. The lowest BCUT2D eigenvalue weighted by Crippen LogP contribution is -2.07. The van der Waals surface area contributed by atoms with Crippen LogP contribution in [0, 0.1) is 0 Å². The zero-order chi connectivity index (χ0) is 14.8. The van der Waals surface area contributed by atoms with E-state index in [0.717, 1.165) is 6.07 Å². The number of carboxylic acids is 1. The number of benzene rings is 1. The Balaban J connectivity index is 2.42. The van der Waals surface area contributed by atoms with Crippen molar-refractivity contribution in [3.8, 4) is 5.75 Å². The normalized spacial score (nSPS) is 11.2. The summed E-state index contributed by atoms with van der Waals surface area (Å²) in [4.78, 5) is 11.1. The highest BCUT2D eigenvalue weighted by atomic mass is 32.2.